The molecule has 0 aliphatic heterocycles. The van der Waals surface area contributed by atoms with Crippen LogP contribution in [0.3, 0.4) is 0 Å². The van der Waals surface area contributed by atoms with Crippen LogP contribution in [0.1, 0.15) is 64.7 Å². The van der Waals surface area contributed by atoms with E-state index in [1.54, 1.807) is 12.2 Å². The Hall–Kier alpha value is -1.64. The van der Waals surface area contributed by atoms with Crippen molar-refractivity contribution in [1.29, 1.82) is 0 Å². The van der Waals surface area contributed by atoms with Crippen LogP contribution < -0.4 is 0 Å². The monoisotopic (exact) mass is 364 g/mol. The van der Waals surface area contributed by atoms with E-state index in [0.717, 1.165) is 19.3 Å². The largest absolute Gasteiger partial charge is 0.469 e. The maximum absolute atomic E-state index is 11.9. The average Bonchev–Trinajstić information content (AvgIpc) is 2.89. The number of hydrogen-bond acceptors (Lipinski definition) is 5. The van der Waals surface area contributed by atoms with Gasteiger partial charge < -0.3 is 14.9 Å². The van der Waals surface area contributed by atoms with Crippen LogP contribution in [0.5, 0.6) is 0 Å². The third kappa shape index (κ3) is 8.16. The highest BCUT2D eigenvalue weighted by molar-refractivity contribution is 5.89. The Morgan fingerprint density at radius 2 is 1.88 bits per heavy atom. The van der Waals surface area contributed by atoms with Crippen molar-refractivity contribution in [2.45, 2.75) is 76.9 Å². The van der Waals surface area contributed by atoms with Gasteiger partial charge in [0.05, 0.1) is 19.3 Å². The molecule has 5 nitrogen and oxygen atoms in total. The fourth-order valence-electron chi connectivity index (χ4n) is 3.22. The second-order valence-corrected chi connectivity index (χ2v) is 6.88. The predicted octanol–water partition coefficient (Wildman–Crippen LogP) is 2.79. The molecule has 1 aliphatic rings. The number of hydrogen-bond donors (Lipinski definition) is 2. The van der Waals surface area contributed by atoms with Gasteiger partial charge in [0.2, 0.25) is 0 Å². The van der Waals surface area contributed by atoms with Gasteiger partial charge in [-0.2, -0.15) is 0 Å². The minimum absolute atomic E-state index is 0.0692. The lowest BCUT2D eigenvalue weighted by molar-refractivity contribution is -0.140. The van der Waals surface area contributed by atoms with E-state index in [9.17, 15) is 19.8 Å². The van der Waals surface area contributed by atoms with E-state index in [1.165, 1.54) is 7.11 Å². The minimum Gasteiger partial charge on any atom is -0.469 e. The quantitative estimate of drug-likeness (QED) is 0.269. The van der Waals surface area contributed by atoms with Gasteiger partial charge in [0.15, 0.2) is 5.78 Å². The summed E-state index contributed by atoms with van der Waals surface area (Å²) in [6.07, 6.45) is 7.94. The highest BCUT2D eigenvalue weighted by atomic mass is 16.5. The third-order valence-electron chi connectivity index (χ3n) is 4.82. The molecule has 0 unspecified atom stereocenters. The highest BCUT2D eigenvalue weighted by Gasteiger charge is 2.39. The molecule has 0 saturated heterocycles. The fraction of sp³-hybridized carbons (Fsp3) is 0.714. The van der Waals surface area contributed by atoms with Crippen LogP contribution in [-0.4, -0.2) is 41.3 Å². The minimum atomic E-state index is -0.643. The Morgan fingerprint density at radius 1 is 1.12 bits per heavy atom. The third-order valence-corrected chi connectivity index (χ3v) is 4.82. The molecule has 1 rings (SSSR count). The lowest BCUT2D eigenvalue weighted by Gasteiger charge is -2.18. The molecule has 0 aromatic heterocycles. The van der Waals surface area contributed by atoms with E-state index in [4.69, 9.17) is 0 Å². The van der Waals surface area contributed by atoms with E-state index in [2.05, 4.69) is 23.5 Å². The summed E-state index contributed by atoms with van der Waals surface area (Å²) in [5, 5.41) is 20.3. The lowest BCUT2D eigenvalue weighted by Crippen LogP contribution is -2.20. The van der Waals surface area contributed by atoms with E-state index in [1.807, 2.05) is 0 Å². The fourth-order valence-corrected chi connectivity index (χ4v) is 3.22. The van der Waals surface area contributed by atoms with Gasteiger partial charge >= 0.3 is 5.97 Å². The lowest BCUT2D eigenvalue weighted by atomic mass is 9.90. The molecule has 26 heavy (non-hydrogen) atoms. The van der Waals surface area contributed by atoms with E-state index < -0.39 is 12.2 Å². The van der Waals surface area contributed by atoms with Crippen LogP contribution in [0, 0.1) is 23.7 Å². The summed E-state index contributed by atoms with van der Waals surface area (Å²) in [5.74, 6) is 5.46. The summed E-state index contributed by atoms with van der Waals surface area (Å²) in [4.78, 5) is 22.9. The van der Waals surface area contributed by atoms with Crippen molar-refractivity contribution >= 4 is 11.8 Å². The predicted molar refractivity (Wildman–Crippen MR) is 100 cm³/mol. The van der Waals surface area contributed by atoms with Crippen LogP contribution in [0.4, 0.5) is 0 Å². The van der Waals surface area contributed by atoms with Gasteiger partial charge in [0.1, 0.15) is 0 Å². The zero-order chi connectivity index (χ0) is 19.4. The van der Waals surface area contributed by atoms with E-state index in [-0.39, 0.29) is 23.6 Å². The molecule has 0 amide bonds. The van der Waals surface area contributed by atoms with Crippen molar-refractivity contribution < 1.29 is 24.5 Å². The number of allylic oxidation sites excluding steroid dienone is 1. The number of ketones is 1. The van der Waals surface area contributed by atoms with Gasteiger partial charge in [-0.05, 0) is 18.9 Å². The Balaban J connectivity index is 2.49. The Labute approximate surface area is 156 Å². The van der Waals surface area contributed by atoms with E-state index >= 15 is 0 Å². The molecular formula is C21H32O5. The highest BCUT2D eigenvalue weighted by Crippen LogP contribution is 2.35. The van der Waals surface area contributed by atoms with Crippen LogP contribution in [0.2, 0.25) is 0 Å². The van der Waals surface area contributed by atoms with Crippen molar-refractivity contribution in [1.82, 2.24) is 0 Å². The molecule has 2 N–H and O–H groups in total. The molecule has 0 aromatic carbocycles. The summed E-state index contributed by atoms with van der Waals surface area (Å²) in [7, 11) is 1.36. The zero-order valence-corrected chi connectivity index (χ0v) is 15.9. The average molecular weight is 364 g/mol. The standard InChI is InChI=1S/C21H32O5/c1-3-4-7-10-16(22)13-14-18-17(19(23)15-20(18)24)11-8-5-6-9-12-21(25)26-2/h13-14,17-20,23-24H,3-4,6-7,9-12,15H2,1-2H3/b14-13+/t17-,18+,19-,20+/m0/s1. The van der Waals surface area contributed by atoms with Crippen molar-refractivity contribution in [3.63, 3.8) is 0 Å². The Morgan fingerprint density at radius 3 is 2.58 bits per heavy atom. The van der Waals surface area contributed by atoms with Crippen LogP contribution in [0.25, 0.3) is 0 Å². The first kappa shape index (κ1) is 22.4. The number of ether oxygens (including phenoxy) is 1. The normalized spacial score (nSPS) is 25.1. The molecule has 4 atom stereocenters. The molecule has 0 heterocycles. The summed E-state index contributed by atoms with van der Waals surface area (Å²) in [6.45, 7) is 2.09. The van der Waals surface area contributed by atoms with Gasteiger partial charge in [-0.15, -0.1) is 11.8 Å². The molecule has 5 heteroatoms. The van der Waals surface area contributed by atoms with E-state index in [0.29, 0.717) is 38.5 Å². The number of aliphatic hydroxyl groups excluding tert-OH is 2. The molecule has 0 spiro atoms. The topological polar surface area (TPSA) is 83.8 Å². The number of carbonyl (C=O) groups is 2. The van der Waals surface area contributed by atoms with Gasteiger partial charge in [-0.25, -0.2) is 0 Å². The molecule has 1 fully saturated rings. The Bertz CT molecular complexity index is 528. The summed E-state index contributed by atoms with van der Waals surface area (Å²) < 4.78 is 4.57. The van der Waals surface area contributed by atoms with Crippen LogP contribution in [0.15, 0.2) is 12.2 Å². The van der Waals surface area contributed by atoms with Gasteiger partial charge in [-0.3, -0.25) is 9.59 Å². The number of carbonyl (C=O) groups excluding carboxylic acids is 2. The maximum Gasteiger partial charge on any atom is 0.305 e. The van der Waals surface area contributed by atoms with Crippen molar-refractivity contribution in [2.75, 3.05) is 7.11 Å². The zero-order valence-electron chi connectivity index (χ0n) is 15.9. The second kappa shape index (κ2) is 12.7. The number of rotatable bonds is 10. The number of methoxy groups -OCH3 is 1. The van der Waals surface area contributed by atoms with Crippen molar-refractivity contribution in [2.24, 2.45) is 11.8 Å². The molecule has 1 saturated carbocycles. The smallest absolute Gasteiger partial charge is 0.305 e. The maximum atomic E-state index is 11.9. The first-order valence-corrected chi connectivity index (χ1v) is 9.59. The second-order valence-electron chi connectivity index (χ2n) is 6.88. The SMILES string of the molecule is CCCCCC(=O)/C=C/[C@@H]1[C@H](CC#CCCCC(=O)OC)[C@@H](O)C[C@H]1O. The molecule has 146 valence electrons. The molecule has 0 radical (unpaired) electrons. The first-order chi connectivity index (χ1) is 12.5. The Kier molecular flexibility index (Phi) is 10.9. The summed E-state index contributed by atoms with van der Waals surface area (Å²) in [5.41, 5.74) is 0. The number of unbranched alkanes of at least 4 members (excludes halogenated alkanes) is 3. The van der Waals surface area contributed by atoms with Crippen molar-refractivity contribution in [3.05, 3.63) is 12.2 Å². The van der Waals surface area contributed by atoms with Gasteiger partial charge in [0.25, 0.3) is 0 Å². The summed E-state index contributed by atoms with van der Waals surface area (Å²) in [6, 6.07) is 0. The molecule has 0 aromatic rings. The van der Waals surface area contributed by atoms with Gasteiger partial charge in [-0.1, -0.05) is 25.8 Å². The van der Waals surface area contributed by atoms with Gasteiger partial charge in [0, 0.05) is 43.9 Å². The first-order valence-electron chi connectivity index (χ1n) is 9.59. The molecule has 0 bridgehead atoms. The van der Waals surface area contributed by atoms with Crippen LogP contribution in [-0.2, 0) is 14.3 Å². The molecular weight excluding hydrogens is 332 g/mol. The summed E-state index contributed by atoms with van der Waals surface area (Å²) >= 11 is 0. The number of aliphatic hydroxyl groups is 2. The molecule has 1 aliphatic carbocycles. The number of esters is 1. The van der Waals surface area contributed by atoms with Crippen LogP contribution >= 0.6 is 0 Å². The van der Waals surface area contributed by atoms with Crippen molar-refractivity contribution in [3.8, 4) is 11.8 Å².